The quantitative estimate of drug-likeness (QED) is 0.167. The number of unbranched alkanes of at least 4 members (excludes halogenated alkanes) is 1. The van der Waals surface area contributed by atoms with Crippen LogP contribution in [0.2, 0.25) is 0 Å². The van der Waals surface area contributed by atoms with Gasteiger partial charge in [-0.25, -0.2) is 13.6 Å². The highest BCUT2D eigenvalue weighted by atomic mass is 79.9. The van der Waals surface area contributed by atoms with E-state index >= 15 is 0 Å². The molecule has 4 aromatic rings. The molecule has 0 bridgehead atoms. The number of halogens is 1. The minimum Gasteiger partial charge on any atom is -0.454 e. The van der Waals surface area contributed by atoms with E-state index < -0.39 is 10.0 Å². The van der Waals surface area contributed by atoms with Crippen molar-refractivity contribution in [2.75, 3.05) is 11.9 Å². The Balaban J connectivity index is 1.92. The van der Waals surface area contributed by atoms with Crippen molar-refractivity contribution in [1.82, 2.24) is 14.8 Å². The Bertz CT molecular complexity index is 1480. The number of primary sulfonamides is 1. The second-order valence-corrected chi connectivity index (χ2v) is 10.6. The van der Waals surface area contributed by atoms with Crippen molar-refractivity contribution >= 4 is 43.9 Å². The van der Waals surface area contributed by atoms with E-state index in [0.29, 0.717) is 34.1 Å². The number of para-hydroxylation sites is 1. The number of benzene rings is 3. The maximum Gasteiger partial charge on any atom is 0.241 e. The first-order valence-corrected chi connectivity index (χ1v) is 13.6. The second kappa shape index (κ2) is 10.7. The number of rotatable bonds is 9. The lowest BCUT2D eigenvalue weighted by Crippen LogP contribution is -2.15. The summed E-state index contributed by atoms with van der Waals surface area (Å²) >= 11 is 8.91. The van der Waals surface area contributed by atoms with Gasteiger partial charge in [0.15, 0.2) is 16.3 Å². The SMILES string of the molecule is CCCCNc1cc(-c2n[nH]c(=S)n2-c2ccc(Br)cc2)cc(S(N)(=O)=O)c1Oc1ccccc1. The third-order valence-electron chi connectivity index (χ3n) is 5.19. The number of hydrogen-bond donors (Lipinski definition) is 3. The smallest absolute Gasteiger partial charge is 0.241 e. The van der Waals surface area contributed by atoms with Gasteiger partial charge in [-0.3, -0.25) is 9.67 Å². The van der Waals surface area contributed by atoms with E-state index in [4.69, 9.17) is 22.1 Å². The summed E-state index contributed by atoms with van der Waals surface area (Å²) in [6.07, 6.45) is 1.85. The van der Waals surface area contributed by atoms with E-state index in [-0.39, 0.29) is 10.6 Å². The molecule has 0 saturated heterocycles. The average molecular weight is 575 g/mol. The summed E-state index contributed by atoms with van der Waals surface area (Å²) in [6.45, 7) is 2.69. The van der Waals surface area contributed by atoms with Gasteiger partial charge in [-0.15, -0.1) is 0 Å². The largest absolute Gasteiger partial charge is 0.454 e. The third-order valence-corrected chi connectivity index (χ3v) is 6.90. The zero-order valence-electron chi connectivity index (χ0n) is 18.9. The van der Waals surface area contributed by atoms with Gasteiger partial charge in [0.25, 0.3) is 0 Å². The average Bonchev–Trinajstić information content (AvgIpc) is 3.22. The summed E-state index contributed by atoms with van der Waals surface area (Å²) < 4.78 is 34.5. The summed E-state index contributed by atoms with van der Waals surface area (Å²) in [5.74, 6) is 1.05. The number of hydrogen-bond acceptors (Lipinski definition) is 6. The zero-order valence-corrected chi connectivity index (χ0v) is 22.1. The van der Waals surface area contributed by atoms with E-state index in [9.17, 15) is 8.42 Å². The maximum atomic E-state index is 12.7. The molecule has 0 radical (unpaired) electrons. The predicted octanol–water partition coefficient (Wildman–Crippen LogP) is 6.01. The van der Waals surface area contributed by atoms with Crippen molar-refractivity contribution in [3.63, 3.8) is 0 Å². The molecule has 182 valence electrons. The highest BCUT2D eigenvalue weighted by molar-refractivity contribution is 9.10. The normalized spacial score (nSPS) is 11.4. The molecule has 0 atom stereocenters. The molecule has 8 nitrogen and oxygen atoms in total. The van der Waals surface area contributed by atoms with Gasteiger partial charge in [0, 0.05) is 16.6 Å². The van der Waals surface area contributed by atoms with E-state index in [1.807, 2.05) is 30.3 Å². The molecule has 0 aliphatic rings. The molecule has 4 N–H and O–H groups in total. The summed E-state index contributed by atoms with van der Waals surface area (Å²) in [6, 6.07) is 19.7. The van der Waals surface area contributed by atoms with Gasteiger partial charge in [0.05, 0.1) is 11.4 Å². The second-order valence-electron chi connectivity index (χ2n) is 7.76. The molecule has 0 amide bonds. The standard InChI is InChI=1S/C24H24BrN5O3S2/c1-2-3-13-27-20-14-16(23-28-29-24(34)30(23)18-11-9-17(25)10-12-18)15-21(35(26,31)32)22(20)33-19-7-5-4-6-8-19/h4-12,14-15,27H,2-3,13H2,1H3,(H,29,34)(H2,26,31,32). The van der Waals surface area contributed by atoms with E-state index in [2.05, 4.69) is 38.4 Å². The molecule has 0 aliphatic heterocycles. The number of nitrogens with one attached hydrogen (secondary N) is 2. The molecular formula is C24H24BrN5O3S2. The van der Waals surface area contributed by atoms with Crippen LogP contribution in [0.4, 0.5) is 5.69 Å². The Morgan fingerprint density at radius 2 is 1.86 bits per heavy atom. The lowest BCUT2D eigenvalue weighted by molar-refractivity contribution is 0.469. The first-order valence-electron chi connectivity index (χ1n) is 10.9. The van der Waals surface area contributed by atoms with Gasteiger partial charge in [-0.2, -0.15) is 5.10 Å². The molecule has 0 unspecified atom stereocenters. The summed E-state index contributed by atoms with van der Waals surface area (Å²) in [5, 5.41) is 16.2. The van der Waals surface area contributed by atoms with Crippen LogP contribution in [0.3, 0.4) is 0 Å². The lowest BCUT2D eigenvalue weighted by Gasteiger charge is -2.18. The summed E-state index contributed by atoms with van der Waals surface area (Å²) in [5.41, 5.74) is 1.76. The van der Waals surface area contributed by atoms with Gasteiger partial charge in [-0.1, -0.05) is 47.5 Å². The first-order chi connectivity index (χ1) is 16.8. The highest BCUT2D eigenvalue weighted by Crippen LogP contribution is 2.40. The molecule has 1 heterocycles. The fraction of sp³-hybridized carbons (Fsp3) is 0.167. The predicted molar refractivity (Wildman–Crippen MR) is 143 cm³/mol. The number of sulfonamides is 1. The van der Waals surface area contributed by atoms with E-state index in [1.54, 1.807) is 34.9 Å². The fourth-order valence-corrected chi connectivity index (χ4v) is 4.71. The van der Waals surface area contributed by atoms with Crippen molar-refractivity contribution in [2.24, 2.45) is 5.14 Å². The van der Waals surface area contributed by atoms with Crippen molar-refractivity contribution in [1.29, 1.82) is 0 Å². The van der Waals surface area contributed by atoms with Crippen LogP contribution < -0.4 is 15.2 Å². The Morgan fingerprint density at radius 1 is 1.14 bits per heavy atom. The van der Waals surface area contributed by atoms with E-state index in [1.165, 1.54) is 6.07 Å². The molecule has 0 saturated carbocycles. The number of nitrogens with two attached hydrogens (primary N) is 1. The number of aromatic amines is 1. The van der Waals surface area contributed by atoms with Gasteiger partial charge < -0.3 is 10.1 Å². The van der Waals surface area contributed by atoms with Crippen LogP contribution in [0, 0.1) is 4.77 Å². The Labute approximate surface area is 217 Å². The monoisotopic (exact) mass is 573 g/mol. The molecule has 1 aromatic heterocycles. The number of nitrogens with zero attached hydrogens (tertiary/aromatic N) is 2. The van der Waals surface area contributed by atoms with Gasteiger partial charge in [0.1, 0.15) is 10.6 Å². The van der Waals surface area contributed by atoms with Crippen LogP contribution in [0.25, 0.3) is 17.1 Å². The summed E-state index contributed by atoms with van der Waals surface area (Å²) in [7, 11) is -4.16. The highest BCUT2D eigenvalue weighted by Gasteiger charge is 2.24. The molecule has 3 aromatic carbocycles. The van der Waals surface area contributed by atoms with Gasteiger partial charge in [0.2, 0.25) is 10.0 Å². The van der Waals surface area contributed by atoms with E-state index in [0.717, 1.165) is 23.0 Å². The van der Waals surface area contributed by atoms with Crippen LogP contribution in [0.5, 0.6) is 11.5 Å². The molecule has 0 spiro atoms. The molecule has 4 rings (SSSR count). The molecule has 0 fully saturated rings. The Kier molecular flexibility index (Phi) is 7.70. The van der Waals surface area contributed by atoms with Crippen molar-refractivity contribution < 1.29 is 13.2 Å². The van der Waals surface area contributed by atoms with Crippen molar-refractivity contribution in [2.45, 2.75) is 24.7 Å². The van der Waals surface area contributed by atoms with Crippen molar-refractivity contribution in [3.8, 4) is 28.6 Å². The van der Waals surface area contributed by atoms with Crippen LogP contribution in [0.15, 0.2) is 76.1 Å². The van der Waals surface area contributed by atoms with Crippen LogP contribution >= 0.6 is 28.1 Å². The van der Waals surface area contributed by atoms with Gasteiger partial charge >= 0.3 is 0 Å². The molecular weight excluding hydrogens is 550 g/mol. The third kappa shape index (κ3) is 5.81. The number of aromatic nitrogens is 3. The minimum absolute atomic E-state index is 0.128. The molecule has 0 aliphatic carbocycles. The number of anilines is 1. The maximum absolute atomic E-state index is 12.7. The minimum atomic E-state index is -4.16. The van der Waals surface area contributed by atoms with Crippen molar-refractivity contribution in [3.05, 3.63) is 76.0 Å². The van der Waals surface area contributed by atoms with Gasteiger partial charge in [-0.05, 0) is 67.2 Å². The lowest BCUT2D eigenvalue weighted by atomic mass is 10.1. The fourth-order valence-electron chi connectivity index (χ4n) is 3.51. The van der Waals surface area contributed by atoms with Crippen LogP contribution in [-0.2, 0) is 10.0 Å². The Morgan fingerprint density at radius 3 is 2.51 bits per heavy atom. The molecule has 11 heteroatoms. The first kappa shape index (κ1) is 25.1. The van der Waals surface area contributed by atoms with Crippen LogP contribution in [-0.4, -0.2) is 29.7 Å². The van der Waals surface area contributed by atoms with Crippen LogP contribution in [0.1, 0.15) is 19.8 Å². The topological polar surface area (TPSA) is 115 Å². The Hall–Kier alpha value is -2.99. The number of ether oxygens (including phenoxy) is 1. The zero-order chi connectivity index (χ0) is 25.0. The summed E-state index contributed by atoms with van der Waals surface area (Å²) in [4.78, 5) is -0.158. The molecule has 35 heavy (non-hydrogen) atoms. The number of H-pyrrole nitrogens is 1.